The lowest BCUT2D eigenvalue weighted by atomic mass is 10.2. The van der Waals surface area contributed by atoms with Gasteiger partial charge in [0.1, 0.15) is 0 Å². The molecule has 0 aliphatic carbocycles. The molecule has 2 rings (SSSR count). The number of halogens is 1. The summed E-state index contributed by atoms with van der Waals surface area (Å²) in [5.74, 6) is -0.237. The molecule has 1 aromatic carbocycles. The molecule has 2 aromatic rings. The summed E-state index contributed by atoms with van der Waals surface area (Å²) < 4.78 is 2.79. The molecule has 7 nitrogen and oxygen atoms in total. The lowest BCUT2D eigenvalue weighted by Gasteiger charge is -2.03. The number of amides is 1. The zero-order valence-corrected chi connectivity index (χ0v) is 14.7. The lowest BCUT2D eigenvalue weighted by Crippen LogP contribution is -2.23. The van der Waals surface area contributed by atoms with Gasteiger partial charge in [0.25, 0.3) is 5.69 Å². The average molecular weight is 393 g/mol. The summed E-state index contributed by atoms with van der Waals surface area (Å²) >= 11 is 3.40. The highest BCUT2D eigenvalue weighted by Crippen LogP contribution is 2.14. The van der Waals surface area contributed by atoms with Crippen molar-refractivity contribution in [3.05, 3.63) is 62.4 Å². The molecule has 24 heavy (non-hydrogen) atoms. The van der Waals surface area contributed by atoms with Gasteiger partial charge in [-0.2, -0.15) is 5.10 Å². The van der Waals surface area contributed by atoms with Crippen LogP contribution >= 0.6 is 15.9 Å². The Hall–Kier alpha value is -2.48. The van der Waals surface area contributed by atoms with Crippen LogP contribution in [0.1, 0.15) is 17.7 Å². The number of nitro groups is 1. The molecule has 0 bridgehead atoms. The van der Waals surface area contributed by atoms with Crippen LogP contribution in [0.4, 0.5) is 5.69 Å². The maximum Gasteiger partial charge on any atom is 0.270 e. The van der Waals surface area contributed by atoms with Gasteiger partial charge in [0.15, 0.2) is 0 Å². The Balaban J connectivity index is 1.76. The fourth-order valence-electron chi connectivity index (χ4n) is 2.03. The number of nitrogens with zero attached hydrogens (tertiary/aromatic N) is 3. The molecule has 0 saturated carbocycles. The van der Waals surface area contributed by atoms with E-state index in [1.54, 1.807) is 18.2 Å². The average Bonchev–Trinajstić information content (AvgIpc) is 2.88. The van der Waals surface area contributed by atoms with Crippen LogP contribution in [0.5, 0.6) is 0 Å². The van der Waals surface area contributed by atoms with Gasteiger partial charge in [-0.05, 0) is 40.9 Å². The molecular formula is C16H17BrN4O3. The van der Waals surface area contributed by atoms with Gasteiger partial charge in [-0.3, -0.25) is 19.6 Å². The lowest BCUT2D eigenvalue weighted by molar-refractivity contribution is -0.384. The van der Waals surface area contributed by atoms with Crippen molar-refractivity contribution in [3.63, 3.8) is 0 Å². The van der Waals surface area contributed by atoms with Gasteiger partial charge in [0, 0.05) is 37.5 Å². The Labute approximate surface area is 147 Å². The number of carbonyl (C=O) groups excluding carboxylic acids is 1. The Morgan fingerprint density at radius 1 is 1.50 bits per heavy atom. The van der Waals surface area contributed by atoms with E-state index < -0.39 is 4.92 Å². The number of benzene rings is 1. The Morgan fingerprint density at radius 2 is 2.29 bits per heavy atom. The quantitative estimate of drug-likeness (QED) is 0.339. The van der Waals surface area contributed by atoms with E-state index >= 15 is 0 Å². The molecule has 0 atom stereocenters. The number of rotatable bonds is 7. The molecule has 126 valence electrons. The molecule has 1 N–H and O–H groups in total. The van der Waals surface area contributed by atoms with E-state index in [1.807, 2.05) is 17.8 Å². The van der Waals surface area contributed by atoms with Crippen LogP contribution in [0.3, 0.4) is 0 Å². The smallest absolute Gasteiger partial charge is 0.270 e. The van der Waals surface area contributed by atoms with E-state index in [0.29, 0.717) is 18.7 Å². The fraction of sp³-hybridized carbons (Fsp3) is 0.250. The van der Waals surface area contributed by atoms with Crippen molar-refractivity contribution in [3.8, 4) is 0 Å². The van der Waals surface area contributed by atoms with Gasteiger partial charge >= 0.3 is 0 Å². The van der Waals surface area contributed by atoms with Crippen molar-refractivity contribution in [2.75, 3.05) is 6.54 Å². The van der Waals surface area contributed by atoms with Gasteiger partial charge in [-0.25, -0.2) is 0 Å². The van der Waals surface area contributed by atoms with Gasteiger partial charge in [-0.1, -0.05) is 12.1 Å². The van der Waals surface area contributed by atoms with Crippen molar-refractivity contribution in [2.45, 2.75) is 19.9 Å². The second-order valence-corrected chi connectivity index (χ2v) is 6.01. The zero-order chi connectivity index (χ0) is 17.5. The number of aryl methyl sites for hydroxylation is 2. The number of aromatic nitrogens is 2. The van der Waals surface area contributed by atoms with Gasteiger partial charge in [-0.15, -0.1) is 0 Å². The van der Waals surface area contributed by atoms with Crippen molar-refractivity contribution in [2.24, 2.45) is 0 Å². The normalized spacial score (nSPS) is 10.9. The fourth-order valence-corrected chi connectivity index (χ4v) is 2.35. The number of nitrogens with one attached hydrogen (secondary N) is 1. The first-order valence-electron chi connectivity index (χ1n) is 7.35. The second kappa shape index (κ2) is 8.39. The van der Waals surface area contributed by atoms with E-state index in [-0.39, 0.29) is 11.6 Å². The number of nitro benzene ring substituents is 1. The molecule has 0 radical (unpaired) electrons. The Morgan fingerprint density at radius 3 is 2.96 bits per heavy atom. The summed E-state index contributed by atoms with van der Waals surface area (Å²) in [5, 5.41) is 17.8. The minimum Gasteiger partial charge on any atom is -0.352 e. The van der Waals surface area contributed by atoms with E-state index in [4.69, 9.17) is 0 Å². The SMILES string of the molecule is Cc1nn(CCCNC(=O)/C=C/c2cccc([N+](=O)[O-])c2)cc1Br. The van der Waals surface area contributed by atoms with Crippen LogP contribution in [0.25, 0.3) is 6.08 Å². The molecule has 0 spiro atoms. The highest BCUT2D eigenvalue weighted by Gasteiger charge is 2.04. The minimum atomic E-state index is -0.466. The van der Waals surface area contributed by atoms with E-state index in [0.717, 1.165) is 16.6 Å². The molecular weight excluding hydrogens is 376 g/mol. The minimum absolute atomic E-state index is 0.00163. The Kier molecular flexibility index (Phi) is 6.25. The zero-order valence-electron chi connectivity index (χ0n) is 13.1. The third kappa shape index (κ3) is 5.31. The van der Waals surface area contributed by atoms with Gasteiger partial charge in [0.2, 0.25) is 5.91 Å². The summed E-state index contributed by atoms with van der Waals surface area (Å²) in [4.78, 5) is 22.0. The molecule has 1 heterocycles. The largest absolute Gasteiger partial charge is 0.352 e. The van der Waals surface area contributed by atoms with Crippen LogP contribution in [-0.4, -0.2) is 27.2 Å². The van der Waals surface area contributed by atoms with Gasteiger partial charge < -0.3 is 5.32 Å². The van der Waals surface area contributed by atoms with Crippen LogP contribution in [-0.2, 0) is 11.3 Å². The third-order valence-corrected chi connectivity index (χ3v) is 4.04. The molecule has 1 amide bonds. The summed E-state index contributed by atoms with van der Waals surface area (Å²) in [6.45, 7) is 3.15. The number of non-ortho nitro benzene ring substituents is 1. The van der Waals surface area contributed by atoms with Crippen molar-refractivity contribution in [1.29, 1.82) is 0 Å². The number of hydrogen-bond donors (Lipinski definition) is 1. The van der Waals surface area contributed by atoms with Crippen LogP contribution in [0.2, 0.25) is 0 Å². The highest BCUT2D eigenvalue weighted by molar-refractivity contribution is 9.10. The monoisotopic (exact) mass is 392 g/mol. The summed E-state index contributed by atoms with van der Waals surface area (Å²) in [5.41, 5.74) is 1.54. The molecule has 0 saturated heterocycles. The number of carbonyl (C=O) groups is 1. The van der Waals surface area contributed by atoms with Crippen LogP contribution in [0, 0.1) is 17.0 Å². The standard InChI is InChI=1S/C16H17BrN4O3/c1-12-15(17)11-20(19-12)9-3-8-18-16(22)7-6-13-4-2-5-14(10-13)21(23)24/h2,4-7,10-11H,3,8-9H2,1H3,(H,18,22)/b7-6+. The van der Waals surface area contributed by atoms with Crippen molar-refractivity contribution in [1.82, 2.24) is 15.1 Å². The summed E-state index contributed by atoms with van der Waals surface area (Å²) in [7, 11) is 0. The third-order valence-electron chi connectivity index (χ3n) is 3.26. The first-order chi connectivity index (χ1) is 11.5. The first kappa shape index (κ1) is 17.9. The summed E-state index contributed by atoms with van der Waals surface area (Å²) in [6.07, 6.45) is 5.58. The maximum absolute atomic E-state index is 11.7. The number of hydrogen-bond acceptors (Lipinski definition) is 4. The predicted octanol–water partition coefficient (Wildman–Crippen LogP) is 3.08. The first-order valence-corrected chi connectivity index (χ1v) is 8.15. The molecule has 0 aliphatic heterocycles. The Bertz CT molecular complexity index is 751. The molecule has 0 aliphatic rings. The summed E-state index contributed by atoms with van der Waals surface area (Å²) in [6, 6.07) is 6.11. The maximum atomic E-state index is 11.7. The topological polar surface area (TPSA) is 90.1 Å². The molecule has 8 heteroatoms. The molecule has 0 fully saturated rings. The van der Waals surface area contributed by atoms with E-state index in [9.17, 15) is 14.9 Å². The highest BCUT2D eigenvalue weighted by atomic mass is 79.9. The second-order valence-electron chi connectivity index (χ2n) is 5.16. The van der Waals surface area contributed by atoms with E-state index in [1.165, 1.54) is 18.2 Å². The molecule has 1 aromatic heterocycles. The predicted molar refractivity (Wildman–Crippen MR) is 94.4 cm³/mol. The van der Waals surface area contributed by atoms with E-state index in [2.05, 4.69) is 26.3 Å². The van der Waals surface area contributed by atoms with Crippen molar-refractivity contribution >= 4 is 33.6 Å². The van der Waals surface area contributed by atoms with Gasteiger partial charge in [0.05, 0.1) is 15.1 Å². The van der Waals surface area contributed by atoms with Crippen LogP contribution < -0.4 is 5.32 Å². The van der Waals surface area contributed by atoms with Crippen LogP contribution in [0.15, 0.2) is 41.0 Å². The van der Waals surface area contributed by atoms with Crippen molar-refractivity contribution < 1.29 is 9.72 Å². The molecule has 0 unspecified atom stereocenters.